The Morgan fingerprint density at radius 1 is 1.10 bits per heavy atom. The van der Waals surface area contributed by atoms with Gasteiger partial charge in [-0.15, -0.1) is 0 Å². The number of piperidine rings is 1. The average molecular weight is 425 g/mol. The van der Waals surface area contributed by atoms with E-state index in [0.29, 0.717) is 31.6 Å². The number of aryl methyl sites for hydroxylation is 2. The first-order valence-electron chi connectivity index (χ1n) is 10.2. The van der Waals surface area contributed by atoms with Crippen LogP contribution in [0.25, 0.3) is 0 Å². The quantitative estimate of drug-likeness (QED) is 0.484. The third-order valence-electron chi connectivity index (χ3n) is 5.43. The predicted octanol–water partition coefficient (Wildman–Crippen LogP) is 2.69. The Morgan fingerprint density at radius 2 is 1.81 bits per heavy atom. The summed E-state index contributed by atoms with van der Waals surface area (Å²) in [6, 6.07) is 12.5. The lowest BCUT2D eigenvalue weighted by Gasteiger charge is -2.32. The van der Waals surface area contributed by atoms with Gasteiger partial charge in [0.1, 0.15) is 5.69 Å². The molecular weight excluding hydrogens is 398 g/mol. The number of nitro groups is 1. The molecule has 0 radical (unpaired) electrons. The van der Waals surface area contributed by atoms with Crippen LogP contribution >= 0.6 is 0 Å². The van der Waals surface area contributed by atoms with Crippen molar-refractivity contribution in [1.29, 1.82) is 0 Å². The number of para-hydroxylation sites is 2. The smallest absolute Gasteiger partial charge is 0.292 e. The molecule has 0 aromatic heterocycles. The molecule has 164 valence electrons. The number of nitro benzene ring substituents is 1. The molecule has 3 rings (SSSR count). The molecule has 0 bridgehead atoms. The van der Waals surface area contributed by atoms with E-state index in [4.69, 9.17) is 0 Å². The number of carbonyl (C=O) groups is 2. The summed E-state index contributed by atoms with van der Waals surface area (Å²) in [5, 5.41) is 14.3. The molecule has 9 heteroatoms. The van der Waals surface area contributed by atoms with E-state index in [1.807, 2.05) is 36.9 Å². The van der Waals surface area contributed by atoms with E-state index in [9.17, 15) is 19.7 Å². The number of nitrogens with one attached hydrogen (secondary N) is 3. The first-order valence-corrected chi connectivity index (χ1v) is 10.2. The Hall–Kier alpha value is -3.62. The first kappa shape index (κ1) is 22.1. The van der Waals surface area contributed by atoms with Gasteiger partial charge in [0.2, 0.25) is 5.91 Å². The molecular formula is C22H27N5O4. The Morgan fingerprint density at radius 3 is 2.48 bits per heavy atom. The lowest BCUT2D eigenvalue weighted by molar-refractivity contribution is -0.384. The minimum Gasteiger partial charge on any atom is -0.376 e. The van der Waals surface area contributed by atoms with Crippen LogP contribution in [0, 0.1) is 29.9 Å². The number of anilines is 2. The van der Waals surface area contributed by atoms with Crippen LogP contribution in [-0.2, 0) is 9.59 Å². The van der Waals surface area contributed by atoms with Crippen LogP contribution in [0.4, 0.5) is 17.1 Å². The summed E-state index contributed by atoms with van der Waals surface area (Å²) >= 11 is 0. The second-order valence-electron chi connectivity index (χ2n) is 7.72. The van der Waals surface area contributed by atoms with Crippen LogP contribution in [0.1, 0.15) is 24.0 Å². The fraction of sp³-hybridized carbons (Fsp3) is 0.364. The molecule has 1 aliphatic heterocycles. The number of hydrazine groups is 1. The summed E-state index contributed by atoms with van der Waals surface area (Å²) in [6.45, 7) is 5.08. The number of hydrogen-bond acceptors (Lipinski definition) is 6. The Kier molecular flexibility index (Phi) is 7.07. The van der Waals surface area contributed by atoms with Crippen molar-refractivity contribution in [2.45, 2.75) is 26.7 Å². The largest absolute Gasteiger partial charge is 0.376 e. The minimum atomic E-state index is -0.393. The number of carbonyl (C=O) groups excluding carboxylic acids is 2. The van der Waals surface area contributed by atoms with Crippen LogP contribution in [0.15, 0.2) is 42.5 Å². The van der Waals surface area contributed by atoms with Gasteiger partial charge in [-0.25, -0.2) is 0 Å². The van der Waals surface area contributed by atoms with Crippen molar-refractivity contribution in [1.82, 2.24) is 10.9 Å². The molecule has 1 heterocycles. The van der Waals surface area contributed by atoms with Crippen molar-refractivity contribution in [3.63, 3.8) is 0 Å². The zero-order chi connectivity index (χ0) is 22.4. The lowest BCUT2D eigenvalue weighted by Crippen LogP contribution is -2.48. The predicted molar refractivity (Wildman–Crippen MR) is 119 cm³/mol. The number of amides is 2. The zero-order valence-electron chi connectivity index (χ0n) is 17.7. The number of hydrogen-bond donors (Lipinski definition) is 3. The van der Waals surface area contributed by atoms with E-state index in [1.54, 1.807) is 18.2 Å². The number of rotatable bonds is 6. The number of benzene rings is 2. The van der Waals surface area contributed by atoms with E-state index in [0.717, 1.165) is 16.8 Å². The second-order valence-corrected chi connectivity index (χ2v) is 7.72. The maximum absolute atomic E-state index is 12.4. The van der Waals surface area contributed by atoms with Crippen molar-refractivity contribution >= 4 is 28.9 Å². The topological polar surface area (TPSA) is 117 Å². The molecule has 1 aliphatic rings. The Balaban J connectivity index is 1.44. The lowest BCUT2D eigenvalue weighted by atomic mass is 9.95. The van der Waals surface area contributed by atoms with E-state index in [2.05, 4.69) is 16.2 Å². The molecule has 0 aliphatic carbocycles. The highest BCUT2D eigenvalue weighted by Gasteiger charge is 2.28. The highest BCUT2D eigenvalue weighted by atomic mass is 16.6. The maximum Gasteiger partial charge on any atom is 0.292 e. The van der Waals surface area contributed by atoms with Crippen LogP contribution in [0.2, 0.25) is 0 Å². The van der Waals surface area contributed by atoms with Gasteiger partial charge in [-0.1, -0.05) is 29.8 Å². The van der Waals surface area contributed by atoms with Crippen molar-refractivity contribution in [3.8, 4) is 0 Å². The third-order valence-corrected chi connectivity index (χ3v) is 5.43. The van der Waals surface area contributed by atoms with Crippen LogP contribution in [0.5, 0.6) is 0 Å². The summed E-state index contributed by atoms with van der Waals surface area (Å²) in [5.74, 6) is -0.848. The van der Waals surface area contributed by atoms with E-state index < -0.39 is 4.92 Å². The van der Waals surface area contributed by atoms with Crippen LogP contribution < -0.4 is 21.1 Å². The van der Waals surface area contributed by atoms with Crippen LogP contribution in [-0.4, -0.2) is 36.4 Å². The molecule has 1 saturated heterocycles. The summed E-state index contributed by atoms with van der Waals surface area (Å²) in [4.78, 5) is 37.2. The highest BCUT2D eigenvalue weighted by molar-refractivity contribution is 5.85. The van der Waals surface area contributed by atoms with Crippen molar-refractivity contribution in [3.05, 3.63) is 63.7 Å². The van der Waals surface area contributed by atoms with Crippen molar-refractivity contribution in [2.75, 3.05) is 29.9 Å². The van der Waals surface area contributed by atoms with Gasteiger partial charge in [-0.2, -0.15) is 0 Å². The first-order chi connectivity index (χ1) is 14.8. The molecule has 0 saturated carbocycles. The molecule has 1 fully saturated rings. The Labute approximate surface area is 180 Å². The minimum absolute atomic E-state index is 0.0420. The molecule has 0 unspecified atom stereocenters. The SMILES string of the molecule is Cc1ccc(NCC(=O)NNC(=O)C2CCN(c3ccccc3[N+](=O)[O-])CC2)c(C)c1. The van der Waals surface area contributed by atoms with Crippen molar-refractivity contribution < 1.29 is 14.5 Å². The van der Waals surface area contributed by atoms with E-state index >= 15 is 0 Å². The van der Waals surface area contributed by atoms with Gasteiger partial charge in [0.25, 0.3) is 11.6 Å². The summed E-state index contributed by atoms with van der Waals surface area (Å²) < 4.78 is 0. The van der Waals surface area contributed by atoms with Crippen LogP contribution in [0.3, 0.4) is 0 Å². The Bertz CT molecular complexity index is 970. The fourth-order valence-corrected chi connectivity index (χ4v) is 3.73. The second kappa shape index (κ2) is 9.92. The maximum atomic E-state index is 12.4. The molecule has 31 heavy (non-hydrogen) atoms. The standard InChI is InChI=1S/C22H27N5O4/c1-15-7-8-18(16(2)13-15)23-14-21(28)24-25-22(29)17-9-11-26(12-10-17)19-5-3-4-6-20(19)27(30)31/h3-8,13,17,23H,9-12,14H2,1-2H3,(H,24,28)(H,25,29). The average Bonchev–Trinajstić information content (AvgIpc) is 2.77. The van der Waals surface area contributed by atoms with Gasteiger partial charge >= 0.3 is 0 Å². The molecule has 2 aromatic carbocycles. The van der Waals surface area contributed by atoms with Gasteiger partial charge in [-0.05, 0) is 44.4 Å². The third kappa shape index (κ3) is 5.71. The molecule has 0 atom stereocenters. The molecule has 2 aromatic rings. The van der Waals surface area contributed by atoms with E-state index in [1.165, 1.54) is 6.07 Å². The molecule has 3 N–H and O–H groups in total. The van der Waals surface area contributed by atoms with Gasteiger partial charge in [-0.3, -0.25) is 30.6 Å². The molecule has 2 amide bonds. The normalized spacial score (nSPS) is 14.1. The van der Waals surface area contributed by atoms with Gasteiger partial charge in [0, 0.05) is 30.8 Å². The monoisotopic (exact) mass is 425 g/mol. The fourth-order valence-electron chi connectivity index (χ4n) is 3.73. The zero-order valence-corrected chi connectivity index (χ0v) is 17.7. The summed E-state index contributed by atoms with van der Waals surface area (Å²) in [6.07, 6.45) is 1.10. The van der Waals surface area contributed by atoms with Gasteiger partial charge < -0.3 is 10.2 Å². The van der Waals surface area contributed by atoms with Crippen molar-refractivity contribution in [2.24, 2.45) is 5.92 Å². The summed E-state index contributed by atoms with van der Waals surface area (Å²) in [5.41, 5.74) is 8.63. The summed E-state index contributed by atoms with van der Waals surface area (Å²) in [7, 11) is 0. The van der Waals surface area contributed by atoms with E-state index in [-0.39, 0.29) is 30.0 Å². The van der Waals surface area contributed by atoms with Gasteiger partial charge in [0.05, 0.1) is 11.5 Å². The molecule has 0 spiro atoms. The number of nitrogens with zero attached hydrogens (tertiary/aromatic N) is 2. The highest BCUT2D eigenvalue weighted by Crippen LogP contribution is 2.31. The van der Waals surface area contributed by atoms with Gasteiger partial charge in [0.15, 0.2) is 0 Å². The molecule has 9 nitrogen and oxygen atoms in total.